The molecule has 0 aliphatic carbocycles. The van der Waals surface area contributed by atoms with Crippen LogP contribution in [0.4, 0.5) is 13.2 Å². The molecule has 0 unspecified atom stereocenters. The lowest BCUT2D eigenvalue weighted by Gasteiger charge is -2.22. The summed E-state index contributed by atoms with van der Waals surface area (Å²) in [6.07, 6.45) is -5.19. The molecule has 0 bridgehead atoms. The fourth-order valence-electron chi connectivity index (χ4n) is 1.03. The van der Waals surface area contributed by atoms with Crippen LogP contribution in [0, 0.1) is 0 Å². The van der Waals surface area contributed by atoms with Crippen LogP contribution in [0.15, 0.2) is 0 Å². The Bertz CT molecular complexity index is 207. The molecule has 1 fully saturated rings. The van der Waals surface area contributed by atoms with Crippen LogP contribution < -0.4 is 10.6 Å². The normalized spacial score (nSPS) is 21.7. The molecular weight excluding hydrogens is 237 g/mol. The van der Waals surface area contributed by atoms with Crippen LogP contribution in [-0.4, -0.2) is 44.4 Å². The van der Waals surface area contributed by atoms with Crippen LogP contribution in [0.2, 0.25) is 0 Å². The highest BCUT2D eigenvalue weighted by molar-refractivity contribution is 5.85. The SMILES string of the molecule is Cl.O=C(NCC(F)(F)F)[C@H]1CNCCO1. The van der Waals surface area contributed by atoms with Crippen LogP contribution in [-0.2, 0) is 9.53 Å². The number of halogens is 4. The van der Waals surface area contributed by atoms with Crippen LogP contribution in [0.5, 0.6) is 0 Å². The van der Waals surface area contributed by atoms with E-state index in [1.807, 2.05) is 0 Å². The van der Waals surface area contributed by atoms with Crippen LogP contribution >= 0.6 is 12.4 Å². The second-order valence-corrected chi connectivity index (χ2v) is 2.90. The highest BCUT2D eigenvalue weighted by atomic mass is 35.5. The van der Waals surface area contributed by atoms with E-state index in [1.54, 1.807) is 5.32 Å². The predicted molar refractivity (Wildman–Crippen MR) is 48.9 cm³/mol. The van der Waals surface area contributed by atoms with Crippen molar-refractivity contribution in [1.82, 2.24) is 10.6 Å². The third kappa shape index (κ3) is 5.81. The monoisotopic (exact) mass is 248 g/mol. The largest absolute Gasteiger partial charge is 0.405 e. The van der Waals surface area contributed by atoms with Gasteiger partial charge in [-0.2, -0.15) is 13.2 Å². The lowest BCUT2D eigenvalue weighted by atomic mass is 10.3. The van der Waals surface area contributed by atoms with E-state index in [1.165, 1.54) is 0 Å². The molecule has 2 N–H and O–H groups in total. The van der Waals surface area contributed by atoms with Gasteiger partial charge in [0, 0.05) is 13.1 Å². The third-order valence-electron chi connectivity index (χ3n) is 1.68. The van der Waals surface area contributed by atoms with E-state index in [2.05, 4.69) is 5.32 Å². The van der Waals surface area contributed by atoms with Gasteiger partial charge < -0.3 is 15.4 Å². The van der Waals surface area contributed by atoms with Crippen molar-refractivity contribution < 1.29 is 22.7 Å². The van der Waals surface area contributed by atoms with Gasteiger partial charge in [-0.15, -0.1) is 12.4 Å². The van der Waals surface area contributed by atoms with Gasteiger partial charge in [-0.05, 0) is 0 Å². The van der Waals surface area contributed by atoms with Crippen molar-refractivity contribution in [2.24, 2.45) is 0 Å². The topological polar surface area (TPSA) is 50.4 Å². The molecule has 1 rings (SSSR count). The van der Waals surface area contributed by atoms with Gasteiger partial charge in [0.05, 0.1) is 6.61 Å². The molecule has 0 saturated carbocycles. The summed E-state index contributed by atoms with van der Waals surface area (Å²) < 4.78 is 40.1. The van der Waals surface area contributed by atoms with Crippen LogP contribution in [0.3, 0.4) is 0 Å². The highest BCUT2D eigenvalue weighted by Crippen LogP contribution is 2.12. The second kappa shape index (κ2) is 6.14. The van der Waals surface area contributed by atoms with Crippen molar-refractivity contribution in [1.29, 1.82) is 0 Å². The first-order valence-corrected chi connectivity index (χ1v) is 4.16. The second-order valence-electron chi connectivity index (χ2n) is 2.90. The van der Waals surface area contributed by atoms with Gasteiger partial charge in [-0.3, -0.25) is 4.79 Å². The zero-order valence-corrected chi connectivity index (χ0v) is 8.58. The van der Waals surface area contributed by atoms with Gasteiger partial charge in [-0.25, -0.2) is 0 Å². The first-order chi connectivity index (χ1) is 6.49. The molecule has 1 saturated heterocycles. The van der Waals surface area contributed by atoms with E-state index in [0.29, 0.717) is 13.2 Å². The Balaban J connectivity index is 0.00000196. The number of carbonyl (C=O) groups excluding carboxylic acids is 1. The van der Waals surface area contributed by atoms with E-state index in [9.17, 15) is 18.0 Å². The summed E-state index contributed by atoms with van der Waals surface area (Å²) in [5, 5.41) is 4.61. The molecule has 0 aromatic carbocycles. The van der Waals surface area contributed by atoms with E-state index in [4.69, 9.17) is 4.74 Å². The molecule has 0 radical (unpaired) electrons. The molecule has 90 valence electrons. The van der Waals surface area contributed by atoms with Gasteiger partial charge in [0.1, 0.15) is 12.6 Å². The van der Waals surface area contributed by atoms with E-state index in [-0.39, 0.29) is 19.0 Å². The number of rotatable bonds is 2. The summed E-state index contributed by atoms with van der Waals surface area (Å²) in [6, 6.07) is 0. The highest BCUT2D eigenvalue weighted by Gasteiger charge is 2.30. The predicted octanol–water partition coefficient (Wildman–Crippen LogP) is 0.0751. The van der Waals surface area contributed by atoms with Crippen LogP contribution in [0.25, 0.3) is 0 Å². The average molecular weight is 249 g/mol. The Hall–Kier alpha value is -0.530. The average Bonchev–Trinajstić information content (AvgIpc) is 2.14. The van der Waals surface area contributed by atoms with Gasteiger partial charge in [0.2, 0.25) is 0 Å². The molecule has 0 aromatic heterocycles. The number of carbonyl (C=O) groups is 1. The molecule has 0 aromatic rings. The molecule has 4 nitrogen and oxygen atoms in total. The Labute approximate surface area is 90.9 Å². The number of nitrogens with one attached hydrogen (secondary N) is 2. The van der Waals surface area contributed by atoms with Crippen molar-refractivity contribution >= 4 is 18.3 Å². The van der Waals surface area contributed by atoms with Gasteiger partial charge in [0.25, 0.3) is 5.91 Å². The Morgan fingerprint density at radius 1 is 1.53 bits per heavy atom. The van der Waals surface area contributed by atoms with Crippen molar-refractivity contribution in [3.05, 3.63) is 0 Å². The van der Waals surface area contributed by atoms with Gasteiger partial charge in [-0.1, -0.05) is 0 Å². The summed E-state index contributed by atoms with van der Waals surface area (Å²) >= 11 is 0. The smallest absolute Gasteiger partial charge is 0.366 e. The molecule has 8 heteroatoms. The van der Waals surface area contributed by atoms with Gasteiger partial charge >= 0.3 is 6.18 Å². The lowest BCUT2D eigenvalue weighted by Crippen LogP contribution is -2.49. The Morgan fingerprint density at radius 3 is 2.67 bits per heavy atom. The molecule has 1 atom stereocenters. The molecule has 1 aliphatic heterocycles. The van der Waals surface area contributed by atoms with E-state index < -0.39 is 24.7 Å². The number of hydrogen-bond acceptors (Lipinski definition) is 3. The maximum Gasteiger partial charge on any atom is 0.405 e. The minimum atomic E-state index is -4.38. The number of hydrogen-bond donors (Lipinski definition) is 2. The molecule has 0 spiro atoms. The zero-order chi connectivity index (χ0) is 10.6. The van der Waals surface area contributed by atoms with Crippen molar-refractivity contribution in [3.63, 3.8) is 0 Å². The van der Waals surface area contributed by atoms with Gasteiger partial charge in [0.15, 0.2) is 0 Å². The van der Waals surface area contributed by atoms with Crippen molar-refractivity contribution in [3.8, 4) is 0 Å². The number of morpholine rings is 1. The fraction of sp³-hybridized carbons (Fsp3) is 0.857. The first kappa shape index (κ1) is 14.5. The van der Waals surface area contributed by atoms with E-state index >= 15 is 0 Å². The fourth-order valence-corrected chi connectivity index (χ4v) is 1.03. The summed E-state index contributed by atoms with van der Waals surface area (Å²) in [6.45, 7) is -0.109. The number of ether oxygens (including phenoxy) is 1. The van der Waals surface area contributed by atoms with Crippen LogP contribution in [0.1, 0.15) is 0 Å². The Morgan fingerprint density at radius 2 is 2.20 bits per heavy atom. The summed E-state index contributed by atoms with van der Waals surface area (Å²) in [5.74, 6) is -0.727. The summed E-state index contributed by atoms with van der Waals surface area (Å²) in [5.41, 5.74) is 0. The quantitative estimate of drug-likeness (QED) is 0.728. The standard InChI is InChI=1S/C7H11F3N2O2.ClH/c8-7(9,10)4-12-6(13)5-3-11-1-2-14-5;/h5,11H,1-4H2,(H,12,13);1H/t5-;/m1./s1. The molecule has 15 heavy (non-hydrogen) atoms. The third-order valence-corrected chi connectivity index (χ3v) is 1.68. The first-order valence-electron chi connectivity index (χ1n) is 4.16. The molecular formula is C7H12ClF3N2O2. The molecule has 1 heterocycles. The number of amides is 1. The zero-order valence-electron chi connectivity index (χ0n) is 7.76. The summed E-state index contributed by atoms with van der Waals surface area (Å²) in [7, 11) is 0. The maximum absolute atomic E-state index is 11.7. The van der Waals surface area contributed by atoms with E-state index in [0.717, 1.165) is 0 Å². The molecule has 1 aliphatic rings. The minimum Gasteiger partial charge on any atom is -0.366 e. The lowest BCUT2D eigenvalue weighted by molar-refractivity contribution is -0.146. The maximum atomic E-state index is 11.7. The summed E-state index contributed by atoms with van der Waals surface area (Å²) in [4.78, 5) is 11.1. The van der Waals surface area contributed by atoms with Crippen molar-refractivity contribution in [2.75, 3.05) is 26.2 Å². The number of alkyl halides is 3. The Kier molecular flexibility index (Phi) is 5.92. The van der Waals surface area contributed by atoms with Crippen molar-refractivity contribution in [2.45, 2.75) is 12.3 Å². The molecule has 1 amide bonds. The minimum absolute atomic E-state index is 0.